The van der Waals surface area contributed by atoms with E-state index in [4.69, 9.17) is 0 Å². The maximum atomic E-state index is 13.2. The van der Waals surface area contributed by atoms with Gasteiger partial charge in [-0.3, -0.25) is 19.7 Å². The lowest BCUT2D eigenvalue weighted by Gasteiger charge is -2.29. The highest BCUT2D eigenvalue weighted by Crippen LogP contribution is 2.21. The van der Waals surface area contributed by atoms with Crippen LogP contribution in [0.2, 0.25) is 0 Å². The van der Waals surface area contributed by atoms with Crippen LogP contribution in [0.15, 0.2) is 53.0 Å². The molecule has 1 N–H and O–H groups in total. The second kappa shape index (κ2) is 12.2. The maximum absolute atomic E-state index is 13.2. The molecular formula is C24H28BrN3O4S. The highest BCUT2D eigenvalue weighted by atomic mass is 79.9. The first-order valence-electron chi connectivity index (χ1n) is 11.0. The standard InChI is InChI=1S/C24H28BrN3O4S/c1-17(24(30)26-21-4-2-3-5-21)27(14-18-6-10-20(25)11-7-18)23(29)16-33-15-19-8-12-22(13-9-19)28(31)32/h6-13,17,21H,2-5,14-16H2,1H3,(H,26,30). The van der Waals surface area contributed by atoms with Gasteiger partial charge in [-0.1, -0.05) is 53.0 Å². The number of hydrogen-bond donors (Lipinski definition) is 1. The Balaban J connectivity index is 1.63. The molecule has 0 bridgehead atoms. The van der Waals surface area contributed by atoms with Crippen LogP contribution in [0.3, 0.4) is 0 Å². The second-order valence-electron chi connectivity index (χ2n) is 8.23. The van der Waals surface area contributed by atoms with Gasteiger partial charge in [0.15, 0.2) is 0 Å². The van der Waals surface area contributed by atoms with Crippen LogP contribution < -0.4 is 5.32 Å². The number of amides is 2. The van der Waals surface area contributed by atoms with Crippen molar-refractivity contribution in [1.29, 1.82) is 0 Å². The van der Waals surface area contributed by atoms with Crippen LogP contribution in [-0.4, -0.2) is 39.5 Å². The Morgan fingerprint density at radius 2 is 1.73 bits per heavy atom. The molecule has 0 heterocycles. The average molecular weight is 534 g/mol. The molecule has 7 nitrogen and oxygen atoms in total. The summed E-state index contributed by atoms with van der Waals surface area (Å²) in [5.41, 5.74) is 1.90. The number of rotatable bonds is 10. The average Bonchev–Trinajstić information content (AvgIpc) is 3.31. The summed E-state index contributed by atoms with van der Waals surface area (Å²) in [5, 5.41) is 13.9. The molecule has 1 fully saturated rings. The Kier molecular flexibility index (Phi) is 9.31. The van der Waals surface area contributed by atoms with Crippen molar-refractivity contribution in [2.45, 2.75) is 57.0 Å². The fourth-order valence-electron chi connectivity index (χ4n) is 3.81. The monoisotopic (exact) mass is 533 g/mol. The first kappa shape index (κ1) is 25.2. The van der Waals surface area contributed by atoms with Gasteiger partial charge in [-0.05, 0) is 43.0 Å². The zero-order chi connectivity index (χ0) is 23.8. The number of hydrogen-bond acceptors (Lipinski definition) is 5. The van der Waals surface area contributed by atoms with E-state index in [2.05, 4.69) is 21.2 Å². The molecular weight excluding hydrogens is 506 g/mol. The van der Waals surface area contributed by atoms with Gasteiger partial charge in [-0.2, -0.15) is 0 Å². The van der Waals surface area contributed by atoms with E-state index in [0.29, 0.717) is 12.3 Å². The number of carbonyl (C=O) groups is 2. The summed E-state index contributed by atoms with van der Waals surface area (Å²) in [7, 11) is 0. The predicted molar refractivity (Wildman–Crippen MR) is 134 cm³/mol. The van der Waals surface area contributed by atoms with Crippen LogP contribution in [0.5, 0.6) is 0 Å². The lowest BCUT2D eigenvalue weighted by molar-refractivity contribution is -0.384. The van der Waals surface area contributed by atoms with Crippen LogP contribution in [0, 0.1) is 10.1 Å². The molecule has 1 aliphatic carbocycles. The molecule has 3 rings (SSSR count). The van der Waals surface area contributed by atoms with Crippen LogP contribution in [0.25, 0.3) is 0 Å². The third kappa shape index (κ3) is 7.57. The van der Waals surface area contributed by atoms with E-state index in [-0.39, 0.29) is 29.3 Å². The predicted octanol–water partition coefficient (Wildman–Crippen LogP) is 5.07. The molecule has 2 aromatic carbocycles. The number of thioether (sulfide) groups is 1. The van der Waals surface area contributed by atoms with E-state index in [0.717, 1.165) is 41.3 Å². The first-order valence-corrected chi connectivity index (χ1v) is 12.9. The van der Waals surface area contributed by atoms with Gasteiger partial charge in [-0.25, -0.2) is 0 Å². The quantitative estimate of drug-likeness (QED) is 0.340. The van der Waals surface area contributed by atoms with Crippen LogP contribution in [-0.2, 0) is 21.9 Å². The zero-order valence-corrected chi connectivity index (χ0v) is 20.9. The number of non-ortho nitro benzene ring substituents is 1. The normalized spacial score (nSPS) is 14.6. The summed E-state index contributed by atoms with van der Waals surface area (Å²) in [5.74, 6) is 0.541. The molecule has 9 heteroatoms. The maximum Gasteiger partial charge on any atom is 0.269 e. The second-order valence-corrected chi connectivity index (χ2v) is 10.1. The fourth-order valence-corrected chi connectivity index (χ4v) is 4.95. The minimum absolute atomic E-state index is 0.0441. The van der Waals surface area contributed by atoms with Gasteiger partial charge in [0.2, 0.25) is 11.8 Å². The van der Waals surface area contributed by atoms with E-state index >= 15 is 0 Å². The van der Waals surface area contributed by atoms with Crippen molar-refractivity contribution in [1.82, 2.24) is 10.2 Å². The Labute approximate surface area is 206 Å². The number of nitrogens with zero attached hydrogens (tertiary/aromatic N) is 2. The summed E-state index contributed by atoms with van der Waals surface area (Å²) in [6, 6.07) is 13.7. The number of halogens is 1. The lowest BCUT2D eigenvalue weighted by atomic mass is 10.1. The molecule has 0 aromatic heterocycles. The molecule has 176 valence electrons. The minimum Gasteiger partial charge on any atom is -0.352 e. The number of nitro groups is 1. The van der Waals surface area contributed by atoms with Crippen molar-refractivity contribution in [3.05, 3.63) is 74.2 Å². The molecule has 0 saturated heterocycles. The van der Waals surface area contributed by atoms with Crippen LogP contribution in [0.4, 0.5) is 5.69 Å². The summed E-state index contributed by atoms with van der Waals surface area (Å²) in [6.45, 7) is 2.13. The Bertz CT molecular complexity index is 963. The van der Waals surface area contributed by atoms with Gasteiger partial charge in [-0.15, -0.1) is 11.8 Å². The van der Waals surface area contributed by atoms with E-state index in [9.17, 15) is 19.7 Å². The Morgan fingerprint density at radius 3 is 2.33 bits per heavy atom. The molecule has 1 aliphatic rings. The largest absolute Gasteiger partial charge is 0.352 e. The van der Waals surface area contributed by atoms with Crippen LogP contribution >= 0.6 is 27.7 Å². The smallest absolute Gasteiger partial charge is 0.269 e. The summed E-state index contributed by atoms with van der Waals surface area (Å²) in [4.78, 5) is 38.1. The van der Waals surface area contributed by atoms with E-state index in [1.54, 1.807) is 24.0 Å². The third-order valence-corrected chi connectivity index (χ3v) is 7.29. The van der Waals surface area contributed by atoms with Crippen molar-refractivity contribution in [3.8, 4) is 0 Å². The molecule has 2 aromatic rings. The highest BCUT2D eigenvalue weighted by molar-refractivity contribution is 9.10. The minimum atomic E-state index is -0.582. The highest BCUT2D eigenvalue weighted by Gasteiger charge is 2.28. The third-order valence-electron chi connectivity index (χ3n) is 5.78. The number of benzene rings is 2. The van der Waals surface area contributed by atoms with E-state index < -0.39 is 11.0 Å². The van der Waals surface area contributed by atoms with Crippen LogP contribution in [0.1, 0.15) is 43.7 Å². The van der Waals surface area contributed by atoms with Gasteiger partial charge in [0, 0.05) is 34.9 Å². The van der Waals surface area contributed by atoms with Crippen molar-refractivity contribution in [2.24, 2.45) is 0 Å². The Hall–Kier alpha value is -2.39. The topological polar surface area (TPSA) is 92.6 Å². The number of nitrogens with one attached hydrogen (secondary N) is 1. The molecule has 1 atom stereocenters. The van der Waals surface area contributed by atoms with Gasteiger partial charge in [0.25, 0.3) is 5.69 Å². The van der Waals surface area contributed by atoms with Crippen molar-refractivity contribution in [2.75, 3.05) is 5.75 Å². The molecule has 1 unspecified atom stereocenters. The Morgan fingerprint density at radius 1 is 1.12 bits per heavy atom. The van der Waals surface area contributed by atoms with Gasteiger partial charge < -0.3 is 10.2 Å². The van der Waals surface area contributed by atoms with Gasteiger partial charge >= 0.3 is 0 Å². The summed E-state index contributed by atoms with van der Waals surface area (Å²) >= 11 is 4.86. The molecule has 0 radical (unpaired) electrons. The molecule has 0 aliphatic heterocycles. The van der Waals surface area contributed by atoms with Gasteiger partial charge in [0.1, 0.15) is 6.04 Å². The van der Waals surface area contributed by atoms with Crippen molar-refractivity contribution < 1.29 is 14.5 Å². The first-order chi connectivity index (χ1) is 15.8. The summed E-state index contributed by atoms with van der Waals surface area (Å²) in [6.07, 6.45) is 4.23. The lowest BCUT2D eigenvalue weighted by Crippen LogP contribution is -2.50. The zero-order valence-electron chi connectivity index (χ0n) is 18.5. The van der Waals surface area contributed by atoms with Crippen molar-refractivity contribution in [3.63, 3.8) is 0 Å². The van der Waals surface area contributed by atoms with Gasteiger partial charge in [0.05, 0.1) is 10.7 Å². The number of carbonyl (C=O) groups excluding carboxylic acids is 2. The van der Waals surface area contributed by atoms with E-state index in [1.807, 2.05) is 24.3 Å². The molecule has 33 heavy (non-hydrogen) atoms. The molecule has 2 amide bonds. The molecule has 0 spiro atoms. The summed E-state index contributed by atoms with van der Waals surface area (Å²) < 4.78 is 0.954. The fraction of sp³-hybridized carbons (Fsp3) is 0.417. The molecule has 1 saturated carbocycles. The number of nitro benzene ring substituents is 1. The SMILES string of the molecule is CC(C(=O)NC1CCCC1)N(Cc1ccc(Br)cc1)C(=O)CSCc1ccc([N+](=O)[O-])cc1. The van der Waals surface area contributed by atoms with Crippen molar-refractivity contribution >= 4 is 45.2 Å². The van der Waals surface area contributed by atoms with E-state index in [1.165, 1.54) is 23.9 Å².